The molecule has 0 aromatic heterocycles. The van der Waals surface area contributed by atoms with Gasteiger partial charge in [0.2, 0.25) is 9.84 Å². The highest BCUT2D eigenvalue weighted by Gasteiger charge is 2.27. The first-order valence-corrected chi connectivity index (χ1v) is 11.5. The quantitative estimate of drug-likeness (QED) is 0.285. The highest BCUT2D eigenvalue weighted by molar-refractivity contribution is 7.91. The van der Waals surface area contributed by atoms with Crippen molar-refractivity contribution < 1.29 is 37.0 Å². The Hall–Kier alpha value is -3.59. The highest BCUT2D eigenvalue weighted by atomic mass is 32.2. The monoisotopic (exact) mass is 474 g/mol. The second-order valence-electron chi connectivity index (χ2n) is 6.93. The van der Waals surface area contributed by atoms with Gasteiger partial charge in [0, 0.05) is 23.3 Å². The number of esters is 2. The van der Waals surface area contributed by atoms with Gasteiger partial charge >= 0.3 is 11.9 Å². The molecule has 33 heavy (non-hydrogen) atoms. The van der Waals surface area contributed by atoms with E-state index in [1.54, 1.807) is 13.8 Å². The summed E-state index contributed by atoms with van der Waals surface area (Å²) in [5.41, 5.74) is 0.386. The van der Waals surface area contributed by atoms with E-state index in [1.807, 2.05) is 0 Å². The van der Waals surface area contributed by atoms with Crippen LogP contribution in [0.15, 0.2) is 70.5 Å². The molecule has 0 atom stereocenters. The fraction of sp³-hybridized carbons (Fsp3) is 0.250. The Morgan fingerprint density at radius 1 is 0.758 bits per heavy atom. The Kier molecular flexibility index (Phi) is 8.42. The normalized spacial score (nSPS) is 10.8. The average molecular weight is 475 g/mol. The standard InChI is InChI=1S/C24H26O8S/c1-7-29-19-13-17(31-23(25)15(3)4)9-11-21(19)33(27,28)22-12-10-18(14-20(22)30-8-2)32-24(26)16(5)6/h9-14H,3,5,7-8H2,1-2,4,6H3. The van der Waals surface area contributed by atoms with Gasteiger partial charge in [0.05, 0.1) is 13.2 Å². The lowest BCUT2D eigenvalue weighted by atomic mass is 10.3. The van der Waals surface area contributed by atoms with Gasteiger partial charge in [-0.2, -0.15) is 0 Å². The van der Waals surface area contributed by atoms with Crippen molar-refractivity contribution in [1.29, 1.82) is 0 Å². The molecule has 2 aromatic rings. The number of benzene rings is 2. The second kappa shape index (κ2) is 10.8. The Balaban J connectivity index is 2.55. The van der Waals surface area contributed by atoms with Crippen molar-refractivity contribution in [2.24, 2.45) is 0 Å². The smallest absolute Gasteiger partial charge is 0.338 e. The van der Waals surface area contributed by atoms with Crippen molar-refractivity contribution in [1.82, 2.24) is 0 Å². The van der Waals surface area contributed by atoms with Gasteiger partial charge in [0.15, 0.2) is 0 Å². The maximum absolute atomic E-state index is 13.5. The van der Waals surface area contributed by atoms with Gasteiger partial charge in [-0.05, 0) is 52.0 Å². The van der Waals surface area contributed by atoms with Crippen LogP contribution in [0.3, 0.4) is 0 Å². The number of hydrogen-bond acceptors (Lipinski definition) is 8. The maximum atomic E-state index is 13.5. The Morgan fingerprint density at radius 3 is 1.42 bits per heavy atom. The number of sulfone groups is 1. The Morgan fingerprint density at radius 2 is 1.12 bits per heavy atom. The highest BCUT2D eigenvalue weighted by Crippen LogP contribution is 2.38. The van der Waals surface area contributed by atoms with E-state index in [1.165, 1.54) is 50.2 Å². The summed E-state index contributed by atoms with van der Waals surface area (Å²) in [4.78, 5) is 23.3. The first-order valence-electron chi connectivity index (χ1n) is 10.0. The SMILES string of the molecule is C=C(C)C(=O)Oc1ccc(S(=O)(=O)c2ccc(OC(=O)C(=C)C)cc2OCC)c(OCC)c1. The van der Waals surface area contributed by atoms with Gasteiger partial charge in [0.25, 0.3) is 0 Å². The van der Waals surface area contributed by atoms with Crippen molar-refractivity contribution in [2.45, 2.75) is 37.5 Å². The summed E-state index contributed by atoms with van der Waals surface area (Å²) < 4.78 is 48.4. The van der Waals surface area contributed by atoms with Crippen LogP contribution in [-0.2, 0) is 19.4 Å². The van der Waals surface area contributed by atoms with Crippen molar-refractivity contribution in [2.75, 3.05) is 13.2 Å². The number of rotatable bonds is 10. The van der Waals surface area contributed by atoms with E-state index in [-0.39, 0.29) is 57.1 Å². The summed E-state index contributed by atoms with van der Waals surface area (Å²) in [7, 11) is -4.13. The zero-order valence-electron chi connectivity index (χ0n) is 19.0. The molecule has 0 fully saturated rings. The zero-order valence-corrected chi connectivity index (χ0v) is 19.8. The molecule has 0 unspecified atom stereocenters. The predicted molar refractivity (Wildman–Crippen MR) is 122 cm³/mol. The number of hydrogen-bond donors (Lipinski definition) is 0. The minimum absolute atomic E-state index is 0.00440. The molecule has 0 saturated heterocycles. The van der Waals surface area contributed by atoms with E-state index in [0.29, 0.717) is 0 Å². The van der Waals surface area contributed by atoms with E-state index < -0.39 is 21.8 Å². The van der Waals surface area contributed by atoms with Crippen molar-refractivity contribution in [3.8, 4) is 23.0 Å². The van der Waals surface area contributed by atoms with Gasteiger partial charge in [-0.25, -0.2) is 18.0 Å². The third-order valence-electron chi connectivity index (χ3n) is 4.13. The Labute approximate surface area is 193 Å². The van der Waals surface area contributed by atoms with Crippen LogP contribution in [0.1, 0.15) is 27.7 Å². The minimum Gasteiger partial charge on any atom is -0.492 e. The van der Waals surface area contributed by atoms with Crippen LogP contribution in [0.5, 0.6) is 23.0 Å². The second-order valence-corrected chi connectivity index (χ2v) is 8.81. The minimum atomic E-state index is -4.13. The van der Waals surface area contributed by atoms with Crippen LogP contribution in [0.4, 0.5) is 0 Å². The maximum Gasteiger partial charge on any atom is 0.338 e. The van der Waals surface area contributed by atoms with Crippen LogP contribution >= 0.6 is 0 Å². The zero-order chi connectivity index (χ0) is 24.8. The molecule has 0 radical (unpaired) electrons. The van der Waals surface area contributed by atoms with Gasteiger partial charge in [-0.15, -0.1) is 0 Å². The Bertz CT molecular complexity index is 1110. The molecular weight excluding hydrogens is 448 g/mol. The molecule has 9 heteroatoms. The molecule has 8 nitrogen and oxygen atoms in total. The lowest BCUT2D eigenvalue weighted by Gasteiger charge is -2.16. The van der Waals surface area contributed by atoms with Gasteiger partial charge in [-0.3, -0.25) is 0 Å². The summed E-state index contributed by atoms with van der Waals surface area (Å²) in [6.45, 7) is 13.8. The predicted octanol–water partition coefficient (Wildman–Crippen LogP) is 4.28. The first-order chi connectivity index (χ1) is 15.5. The number of ether oxygens (including phenoxy) is 4. The lowest BCUT2D eigenvalue weighted by molar-refractivity contribution is -0.130. The van der Waals surface area contributed by atoms with Crippen molar-refractivity contribution >= 4 is 21.8 Å². The van der Waals surface area contributed by atoms with Crippen molar-refractivity contribution in [3.05, 3.63) is 60.7 Å². The molecule has 0 N–H and O–H groups in total. The summed E-state index contributed by atoms with van der Waals surface area (Å²) in [5, 5.41) is 0. The number of carbonyl (C=O) groups excluding carboxylic acids is 2. The molecule has 0 spiro atoms. The fourth-order valence-electron chi connectivity index (χ4n) is 2.59. The topological polar surface area (TPSA) is 105 Å². The molecule has 0 aliphatic rings. The van der Waals surface area contributed by atoms with Crippen LogP contribution in [0, 0.1) is 0 Å². The van der Waals surface area contributed by atoms with E-state index in [0.717, 1.165) is 0 Å². The third-order valence-corrected chi connectivity index (χ3v) is 5.96. The summed E-state index contributed by atoms with van der Waals surface area (Å²) >= 11 is 0. The number of carbonyl (C=O) groups is 2. The summed E-state index contributed by atoms with van der Waals surface area (Å²) in [6, 6.07) is 7.90. The molecule has 0 heterocycles. The largest absolute Gasteiger partial charge is 0.492 e. The van der Waals surface area contributed by atoms with Crippen LogP contribution in [0.25, 0.3) is 0 Å². The molecule has 0 bridgehead atoms. The van der Waals surface area contributed by atoms with E-state index in [9.17, 15) is 18.0 Å². The fourth-order valence-corrected chi connectivity index (χ4v) is 4.09. The molecule has 176 valence electrons. The van der Waals surface area contributed by atoms with Crippen LogP contribution in [0.2, 0.25) is 0 Å². The third kappa shape index (κ3) is 6.23. The molecule has 0 saturated carbocycles. The van der Waals surface area contributed by atoms with E-state index in [2.05, 4.69) is 13.2 Å². The molecule has 0 aliphatic heterocycles. The average Bonchev–Trinajstić information content (AvgIpc) is 2.74. The molecule has 0 amide bonds. The lowest BCUT2D eigenvalue weighted by Crippen LogP contribution is -2.11. The van der Waals surface area contributed by atoms with Gasteiger partial charge in [0.1, 0.15) is 32.8 Å². The van der Waals surface area contributed by atoms with Crippen LogP contribution < -0.4 is 18.9 Å². The molecule has 0 aliphatic carbocycles. The van der Waals surface area contributed by atoms with Crippen LogP contribution in [-0.4, -0.2) is 33.6 Å². The summed E-state index contributed by atoms with van der Waals surface area (Å²) in [5.74, 6) is -1.07. The van der Waals surface area contributed by atoms with Gasteiger partial charge < -0.3 is 18.9 Å². The van der Waals surface area contributed by atoms with E-state index >= 15 is 0 Å². The molecule has 2 rings (SSSR count). The van der Waals surface area contributed by atoms with E-state index in [4.69, 9.17) is 18.9 Å². The molecular formula is C24H26O8S. The van der Waals surface area contributed by atoms with Gasteiger partial charge in [-0.1, -0.05) is 13.2 Å². The van der Waals surface area contributed by atoms with Crippen molar-refractivity contribution in [3.63, 3.8) is 0 Å². The summed E-state index contributed by atoms with van der Waals surface area (Å²) in [6.07, 6.45) is 0. The molecule has 2 aromatic carbocycles. The first kappa shape index (κ1) is 25.7.